The van der Waals surface area contributed by atoms with Gasteiger partial charge in [-0.3, -0.25) is 0 Å². The molecule has 0 heterocycles. The van der Waals surface area contributed by atoms with E-state index in [9.17, 15) is 4.39 Å². The van der Waals surface area contributed by atoms with Crippen LogP contribution in [0.4, 0.5) is 4.39 Å². The van der Waals surface area contributed by atoms with E-state index in [4.69, 9.17) is 17.3 Å². The van der Waals surface area contributed by atoms with Crippen LogP contribution >= 0.6 is 11.6 Å². The van der Waals surface area contributed by atoms with Crippen molar-refractivity contribution in [3.8, 4) is 0 Å². The fourth-order valence-electron chi connectivity index (χ4n) is 1.91. The summed E-state index contributed by atoms with van der Waals surface area (Å²) in [6.07, 6.45) is 3.05. The number of halogens is 2. The maximum Gasteiger partial charge on any atom is 0.142 e. The Balaban J connectivity index is 2.80. The first kappa shape index (κ1) is 13.5. The van der Waals surface area contributed by atoms with Crippen LogP contribution in [0.5, 0.6) is 0 Å². The first-order chi connectivity index (χ1) is 7.60. The lowest BCUT2D eigenvalue weighted by molar-refractivity contribution is 0.414. The molecule has 3 heteroatoms. The molecule has 0 saturated carbocycles. The Morgan fingerprint density at radius 2 is 1.94 bits per heavy atom. The van der Waals surface area contributed by atoms with Crippen LogP contribution in [0.15, 0.2) is 18.2 Å². The Labute approximate surface area is 102 Å². The van der Waals surface area contributed by atoms with E-state index < -0.39 is 0 Å². The first-order valence-corrected chi connectivity index (χ1v) is 6.17. The fourth-order valence-corrected chi connectivity index (χ4v) is 2.18. The molecule has 16 heavy (non-hydrogen) atoms. The maximum atomic E-state index is 13.3. The summed E-state index contributed by atoms with van der Waals surface area (Å²) in [6, 6.07) is 4.64. The van der Waals surface area contributed by atoms with Crippen molar-refractivity contribution < 1.29 is 4.39 Å². The highest BCUT2D eigenvalue weighted by atomic mass is 35.5. The predicted molar refractivity (Wildman–Crippen MR) is 67.0 cm³/mol. The standard InChI is InChI=1S/C13H19ClFN/c1-3-9(4-2)8-12(16)10-6-5-7-11(15)13(10)14/h5-7,9,12H,3-4,8,16H2,1-2H3. The molecule has 90 valence electrons. The van der Waals surface area contributed by atoms with Gasteiger partial charge < -0.3 is 5.73 Å². The van der Waals surface area contributed by atoms with Gasteiger partial charge in [-0.2, -0.15) is 0 Å². The van der Waals surface area contributed by atoms with Crippen molar-refractivity contribution in [2.75, 3.05) is 0 Å². The van der Waals surface area contributed by atoms with E-state index in [1.165, 1.54) is 6.07 Å². The molecule has 0 amide bonds. The molecule has 0 aliphatic heterocycles. The summed E-state index contributed by atoms with van der Waals surface area (Å²) >= 11 is 5.90. The number of nitrogens with two attached hydrogens (primary N) is 1. The second-order valence-electron chi connectivity index (χ2n) is 4.17. The molecule has 1 aromatic rings. The lowest BCUT2D eigenvalue weighted by Gasteiger charge is -2.19. The van der Waals surface area contributed by atoms with Gasteiger partial charge in [0, 0.05) is 6.04 Å². The summed E-state index contributed by atoms with van der Waals surface area (Å²) in [5.41, 5.74) is 6.78. The molecule has 1 rings (SSSR count). The minimum atomic E-state index is -0.390. The molecule has 0 spiro atoms. The SMILES string of the molecule is CCC(CC)CC(N)c1cccc(F)c1Cl. The molecule has 0 radical (unpaired) electrons. The summed E-state index contributed by atoms with van der Waals surface area (Å²) in [5, 5.41) is 0.168. The van der Waals surface area contributed by atoms with Crippen LogP contribution in [0.3, 0.4) is 0 Å². The van der Waals surface area contributed by atoms with Crippen molar-refractivity contribution in [2.24, 2.45) is 11.7 Å². The van der Waals surface area contributed by atoms with Gasteiger partial charge in [0.1, 0.15) is 5.82 Å². The van der Waals surface area contributed by atoms with Gasteiger partial charge in [0.25, 0.3) is 0 Å². The van der Waals surface area contributed by atoms with Crippen molar-refractivity contribution in [1.82, 2.24) is 0 Å². The van der Waals surface area contributed by atoms with Crippen LogP contribution in [0.1, 0.15) is 44.7 Å². The predicted octanol–water partition coefficient (Wildman–Crippen LogP) is 4.31. The fraction of sp³-hybridized carbons (Fsp3) is 0.538. The molecule has 1 atom stereocenters. The van der Waals surface area contributed by atoms with Gasteiger partial charge in [0.15, 0.2) is 0 Å². The van der Waals surface area contributed by atoms with E-state index in [1.807, 2.05) is 0 Å². The van der Waals surface area contributed by atoms with E-state index in [-0.39, 0.29) is 16.9 Å². The van der Waals surface area contributed by atoms with Crippen LogP contribution in [0, 0.1) is 11.7 Å². The minimum absolute atomic E-state index is 0.168. The Morgan fingerprint density at radius 3 is 2.50 bits per heavy atom. The zero-order valence-electron chi connectivity index (χ0n) is 9.84. The molecule has 0 saturated heterocycles. The zero-order valence-corrected chi connectivity index (χ0v) is 10.6. The maximum absolute atomic E-state index is 13.3. The number of hydrogen-bond acceptors (Lipinski definition) is 1. The molecule has 0 aromatic heterocycles. The summed E-state index contributed by atoms with van der Waals surface area (Å²) < 4.78 is 13.3. The van der Waals surface area contributed by atoms with Crippen molar-refractivity contribution in [3.63, 3.8) is 0 Å². The van der Waals surface area contributed by atoms with E-state index >= 15 is 0 Å². The van der Waals surface area contributed by atoms with Crippen molar-refractivity contribution in [3.05, 3.63) is 34.6 Å². The molecule has 1 unspecified atom stereocenters. The Hall–Kier alpha value is -0.600. The highest BCUT2D eigenvalue weighted by Crippen LogP contribution is 2.29. The number of hydrogen-bond donors (Lipinski definition) is 1. The van der Waals surface area contributed by atoms with Gasteiger partial charge in [0.05, 0.1) is 5.02 Å². The Kier molecular flexibility index (Phi) is 5.23. The van der Waals surface area contributed by atoms with Crippen molar-refractivity contribution in [2.45, 2.75) is 39.2 Å². The topological polar surface area (TPSA) is 26.0 Å². The normalized spacial score (nSPS) is 13.1. The molecule has 0 bridgehead atoms. The van der Waals surface area contributed by atoms with Gasteiger partial charge in [-0.25, -0.2) is 4.39 Å². The van der Waals surface area contributed by atoms with Gasteiger partial charge >= 0.3 is 0 Å². The van der Waals surface area contributed by atoms with E-state index in [1.54, 1.807) is 12.1 Å². The largest absolute Gasteiger partial charge is 0.324 e. The van der Waals surface area contributed by atoms with Crippen LogP contribution in [0.25, 0.3) is 0 Å². The van der Waals surface area contributed by atoms with Crippen LogP contribution in [-0.4, -0.2) is 0 Å². The molecular formula is C13H19ClFN. The average molecular weight is 244 g/mol. The third-order valence-electron chi connectivity index (χ3n) is 3.12. The average Bonchev–Trinajstić information content (AvgIpc) is 2.29. The molecule has 2 N–H and O–H groups in total. The Morgan fingerprint density at radius 1 is 1.31 bits per heavy atom. The summed E-state index contributed by atoms with van der Waals surface area (Å²) in [5.74, 6) is 0.188. The molecule has 0 aliphatic rings. The van der Waals surface area contributed by atoms with Gasteiger partial charge in [-0.15, -0.1) is 0 Å². The minimum Gasteiger partial charge on any atom is -0.324 e. The highest BCUT2D eigenvalue weighted by Gasteiger charge is 2.16. The molecule has 0 aliphatic carbocycles. The summed E-state index contributed by atoms with van der Waals surface area (Å²) in [7, 11) is 0. The Bertz CT molecular complexity index is 337. The number of benzene rings is 1. The van der Waals surface area contributed by atoms with Crippen molar-refractivity contribution >= 4 is 11.6 Å². The molecule has 1 aromatic carbocycles. The van der Waals surface area contributed by atoms with Crippen molar-refractivity contribution in [1.29, 1.82) is 0 Å². The third kappa shape index (κ3) is 3.19. The van der Waals surface area contributed by atoms with Crippen LogP contribution in [0.2, 0.25) is 5.02 Å². The first-order valence-electron chi connectivity index (χ1n) is 5.79. The van der Waals surface area contributed by atoms with E-state index in [0.717, 1.165) is 19.3 Å². The quantitative estimate of drug-likeness (QED) is 0.820. The second kappa shape index (κ2) is 6.21. The lowest BCUT2D eigenvalue weighted by Crippen LogP contribution is -2.15. The van der Waals surface area contributed by atoms with E-state index in [2.05, 4.69) is 13.8 Å². The molecular weight excluding hydrogens is 225 g/mol. The van der Waals surface area contributed by atoms with Gasteiger partial charge in [-0.05, 0) is 24.0 Å². The second-order valence-corrected chi connectivity index (χ2v) is 4.55. The number of rotatable bonds is 5. The molecule has 0 fully saturated rings. The third-order valence-corrected chi connectivity index (χ3v) is 3.52. The molecule has 1 nitrogen and oxygen atoms in total. The van der Waals surface area contributed by atoms with Gasteiger partial charge in [0.2, 0.25) is 0 Å². The van der Waals surface area contributed by atoms with Gasteiger partial charge in [-0.1, -0.05) is 50.4 Å². The van der Waals surface area contributed by atoms with E-state index in [0.29, 0.717) is 11.5 Å². The van der Waals surface area contributed by atoms with Crippen LogP contribution in [-0.2, 0) is 0 Å². The highest BCUT2D eigenvalue weighted by molar-refractivity contribution is 6.31. The summed E-state index contributed by atoms with van der Waals surface area (Å²) in [4.78, 5) is 0. The lowest BCUT2D eigenvalue weighted by atomic mass is 9.91. The van der Waals surface area contributed by atoms with Crippen LogP contribution < -0.4 is 5.73 Å². The monoisotopic (exact) mass is 243 g/mol. The zero-order chi connectivity index (χ0) is 12.1. The smallest absolute Gasteiger partial charge is 0.142 e. The summed E-state index contributed by atoms with van der Waals surface area (Å²) in [6.45, 7) is 4.29.